The van der Waals surface area contributed by atoms with Crippen molar-refractivity contribution in [3.05, 3.63) is 64.7 Å². The van der Waals surface area contributed by atoms with Crippen LogP contribution in [0.1, 0.15) is 23.7 Å². The smallest absolute Gasteiger partial charge is 0.371 e. The fraction of sp³-hybridized carbons (Fsp3) is 0.273. The maximum Gasteiger partial charge on any atom is 0.416 e. The molecule has 0 radical (unpaired) electrons. The number of carbonyl (C=O) groups excluding carboxylic acids is 1. The van der Waals surface area contributed by atoms with Crippen molar-refractivity contribution in [1.29, 1.82) is 0 Å². The monoisotopic (exact) mass is 431 g/mol. The summed E-state index contributed by atoms with van der Waals surface area (Å²) in [6.07, 6.45) is -3.25. The molecule has 0 spiro atoms. The summed E-state index contributed by atoms with van der Waals surface area (Å²) in [7, 11) is 0. The molecule has 1 aromatic heterocycles. The topological polar surface area (TPSA) is 45.2 Å². The van der Waals surface area contributed by atoms with Gasteiger partial charge in [-0.25, -0.2) is 4.98 Å². The maximum absolute atomic E-state index is 12.7. The van der Waals surface area contributed by atoms with E-state index in [1.165, 1.54) is 29.0 Å². The molecule has 1 aliphatic rings. The molecule has 0 saturated heterocycles. The van der Waals surface area contributed by atoms with Crippen molar-refractivity contribution in [2.45, 2.75) is 25.9 Å². The Balaban J connectivity index is 1.41. The van der Waals surface area contributed by atoms with E-state index in [9.17, 15) is 18.0 Å². The van der Waals surface area contributed by atoms with Crippen LogP contribution < -0.4 is 10.2 Å². The molecule has 0 fully saturated rings. The van der Waals surface area contributed by atoms with E-state index in [1.54, 1.807) is 5.38 Å². The van der Waals surface area contributed by atoms with Gasteiger partial charge in [-0.2, -0.15) is 13.2 Å². The maximum atomic E-state index is 12.7. The Morgan fingerprint density at radius 1 is 1.20 bits per heavy atom. The van der Waals surface area contributed by atoms with Crippen molar-refractivity contribution in [2.24, 2.45) is 0 Å². The third kappa shape index (κ3) is 4.33. The van der Waals surface area contributed by atoms with Crippen LogP contribution in [0, 0.1) is 0 Å². The molecule has 4 nitrogen and oxygen atoms in total. The number of halogens is 3. The number of nitrogens with one attached hydrogen (secondary N) is 1. The average Bonchev–Trinajstić information content (AvgIpc) is 3.34. The molecular weight excluding hydrogens is 411 g/mol. The summed E-state index contributed by atoms with van der Waals surface area (Å²) < 4.78 is 38.1. The number of amides is 1. The normalized spacial score (nSPS) is 13.4. The lowest BCUT2D eigenvalue weighted by molar-refractivity contribution is -0.137. The number of likely N-dealkylation sites (N-methyl/N-ethyl adjacent to an activating group) is 1. The first-order valence-electron chi connectivity index (χ1n) is 9.63. The highest BCUT2D eigenvalue weighted by Gasteiger charge is 2.30. The SMILES string of the molecule is CCN1CCc2ccc(NC(=O)Cc3csc(-c4ccc(C(F)(F)F)cc4)n3)cc21. The minimum absolute atomic E-state index is 0.103. The molecule has 0 bridgehead atoms. The lowest BCUT2D eigenvalue weighted by Crippen LogP contribution is -2.19. The number of anilines is 2. The number of fused-ring (bicyclic) bond motifs is 1. The zero-order valence-corrected chi connectivity index (χ0v) is 17.1. The van der Waals surface area contributed by atoms with Crippen LogP contribution in [-0.2, 0) is 23.8 Å². The molecule has 0 atom stereocenters. The summed E-state index contributed by atoms with van der Waals surface area (Å²) in [5, 5.41) is 5.26. The average molecular weight is 431 g/mol. The van der Waals surface area contributed by atoms with Crippen molar-refractivity contribution in [3.8, 4) is 10.6 Å². The second kappa shape index (κ2) is 8.10. The largest absolute Gasteiger partial charge is 0.416 e. The number of rotatable bonds is 5. The number of carbonyl (C=O) groups is 1. The van der Waals surface area contributed by atoms with Gasteiger partial charge < -0.3 is 10.2 Å². The number of alkyl halides is 3. The highest BCUT2D eigenvalue weighted by molar-refractivity contribution is 7.13. The quantitative estimate of drug-likeness (QED) is 0.589. The van der Waals surface area contributed by atoms with E-state index in [1.807, 2.05) is 18.2 Å². The summed E-state index contributed by atoms with van der Waals surface area (Å²) in [5.41, 5.74) is 3.68. The molecule has 0 saturated carbocycles. The van der Waals surface area contributed by atoms with Gasteiger partial charge in [-0.3, -0.25) is 4.79 Å². The molecule has 2 aromatic carbocycles. The van der Waals surface area contributed by atoms with Gasteiger partial charge in [0, 0.05) is 35.4 Å². The number of thiazole rings is 1. The number of benzene rings is 2. The van der Waals surface area contributed by atoms with Gasteiger partial charge in [0.25, 0.3) is 0 Å². The van der Waals surface area contributed by atoms with Crippen molar-refractivity contribution < 1.29 is 18.0 Å². The highest BCUT2D eigenvalue weighted by Crippen LogP contribution is 2.32. The highest BCUT2D eigenvalue weighted by atomic mass is 32.1. The van der Waals surface area contributed by atoms with Crippen LogP contribution in [0.2, 0.25) is 0 Å². The Bertz CT molecular complexity index is 1060. The summed E-state index contributed by atoms with van der Waals surface area (Å²) in [6, 6.07) is 10.8. The van der Waals surface area contributed by atoms with E-state index in [0.717, 1.165) is 43.0 Å². The predicted octanol–water partition coefficient (Wildman–Crippen LogP) is 5.39. The van der Waals surface area contributed by atoms with Crippen molar-refractivity contribution in [1.82, 2.24) is 4.98 Å². The van der Waals surface area contributed by atoms with Crippen LogP contribution in [0.4, 0.5) is 24.5 Å². The summed E-state index contributed by atoms with van der Waals surface area (Å²) in [5.74, 6) is -0.180. The first kappa shape index (κ1) is 20.4. The molecule has 4 rings (SSSR count). The molecule has 8 heteroatoms. The zero-order valence-electron chi connectivity index (χ0n) is 16.3. The number of aromatic nitrogens is 1. The Morgan fingerprint density at radius 2 is 1.97 bits per heavy atom. The van der Waals surface area contributed by atoms with E-state index in [0.29, 0.717) is 16.3 Å². The first-order chi connectivity index (χ1) is 14.3. The second-order valence-electron chi connectivity index (χ2n) is 7.12. The van der Waals surface area contributed by atoms with Crippen LogP contribution in [0.3, 0.4) is 0 Å². The van der Waals surface area contributed by atoms with E-state index in [4.69, 9.17) is 0 Å². The summed E-state index contributed by atoms with van der Waals surface area (Å²) in [4.78, 5) is 19.1. The Morgan fingerprint density at radius 3 is 2.67 bits per heavy atom. The minimum Gasteiger partial charge on any atom is -0.371 e. The van der Waals surface area contributed by atoms with Gasteiger partial charge >= 0.3 is 6.18 Å². The van der Waals surface area contributed by atoms with Gasteiger partial charge in [0.2, 0.25) is 5.91 Å². The fourth-order valence-corrected chi connectivity index (χ4v) is 4.37. The van der Waals surface area contributed by atoms with Gasteiger partial charge in [0.15, 0.2) is 0 Å². The number of hydrogen-bond donors (Lipinski definition) is 1. The third-order valence-electron chi connectivity index (χ3n) is 5.10. The molecule has 3 aromatic rings. The van der Waals surface area contributed by atoms with E-state index >= 15 is 0 Å². The summed E-state index contributed by atoms with van der Waals surface area (Å²) >= 11 is 1.30. The fourth-order valence-electron chi connectivity index (χ4n) is 3.54. The molecule has 1 amide bonds. The van der Waals surface area contributed by atoms with Crippen molar-refractivity contribution >= 4 is 28.6 Å². The van der Waals surface area contributed by atoms with Gasteiger partial charge in [-0.05, 0) is 43.2 Å². The Kier molecular flexibility index (Phi) is 5.51. The zero-order chi connectivity index (χ0) is 21.3. The van der Waals surface area contributed by atoms with Crippen LogP contribution in [0.25, 0.3) is 10.6 Å². The second-order valence-corrected chi connectivity index (χ2v) is 7.98. The Hall–Kier alpha value is -2.87. The van der Waals surface area contributed by atoms with E-state index in [2.05, 4.69) is 22.1 Å². The van der Waals surface area contributed by atoms with E-state index < -0.39 is 11.7 Å². The first-order valence-corrected chi connectivity index (χ1v) is 10.5. The van der Waals surface area contributed by atoms with E-state index in [-0.39, 0.29) is 12.3 Å². The van der Waals surface area contributed by atoms with Crippen LogP contribution in [0.5, 0.6) is 0 Å². The third-order valence-corrected chi connectivity index (χ3v) is 6.04. The molecule has 0 aliphatic carbocycles. The molecule has 30 heavy (non-hydrogen) atoms. The van der Waals surface area contributed by atoms with Gasteiger partial charge in [0.05, 0.1) is 17.7 Å². The molecule has 1 aliphatic heterocycles. The molecule has 1 N–H and O–H groups in total. The van der Waals surface area contributed by atoms with Crippen LogP contribution in [0.15, 0.2) is 47.8 Å². The Labute approximate surface area is 176 Å². The predicted molar refractivity (Wildman–Crippen MR) is 113 cm³/mol. The lowest BCUT2D eigenvalue weighted by Gasteiger charge is -2.17. The standard InChI is InChI=1S/C22H20F3N3OS/c1-2-28-10-9-14-5-8-17(11-19(14)28)26-20(29)12-18-13-30-21(27-18)15-3-6-16(7-4-15)22(23,24)25/h3-8,11,13H,2,9-10,12H2,1H3,(H,26,29). The van der Waals surface area contributed by atoms with Crippen molar-refractivity contribution in [3.63, 3.8) is 0 Å². The van der Waals surface area contributed by atoms with Crippen LogP contribution in [-0.4, -0.2) is 24.0 Å². The lowest BCUT2D eigenvalue weighted by atomic mass is 10.1. The number of nitrogens with zero attached hydrogens (tertiary/aromatic N) is 2. The van der Waals surface area contributed by atoms with Gasteiger partial charge in [0.1, 0.15) is 5.01 Å². The molecule has 2 heterocycles. The van der Waals surface area contributed by atoms with Crippen LogP contribution >= 0.6 is 11.3 Å². The molecule has 156 valence electrons. The van der Waals surface area contributed by atoms with Gasteiger partial charge in [-0.15, -0.1) is 11.3 Å². The van der Waals surface area contributed by atoms with Crippen molar-refractivity contribution in [2.75, 3.05) is 23.3 Å². The number of hydrogen-bond acceptors (Lipinski definition) is 4. The summed E-state index contributed by atoms with van der Waals surface area (Å²) in [6.45, 7) is 4.03. The molecule has 0 unspecified atom stereocenters. The molecular formula is C22H20F3N3OS. The van der Waals surface area contributed by atoms with Gasteiger partial charge in [-0.1, -0.05) is 18.2 Å². The minimum atomic E-state index is -4.36.